The van der Waals surface area contributed by atoms with E-state index in [-0.39, 0.29) is 18.5 Å². The summed E-state index contributed by atoms with van der Waals surface area (Å²) >= 11 is 0. The summed E-state index contributed by atoms with van der Waals surface area (Å²) in [5.41, 5.74) is 5.51. The number of aliphatic hydroxyl groups excluding tert-OH is 5. The number of ketones is 2. The van der Waals surface area contributed by atoms with Crippen LogP contribution in [0.3, 0.4) is 0 Å². The number of nitrogens with zero attached hydrogens (tertiary/aromatic N) is 1. The average Bonchev–Trinajstić information content (AvgIpc) is 3.30. The van der Waals surface area contributed by atoms with Crippen LogP contribution >= 0.6 is 0 Å². The molecule has 16 heteroatoms. The Labute approximate surface area is 240 Å². The van der Waals surface area contributed by atoms with Crippen molar-refractivity contribution in [1.82, 2.24) is 15.5 Å². The second-order valence-electron chi connectivity index (χ2n) is 10.4. The SMILES string of the molecule is CC(=O)C[C@@H](O)C(NC(=O)C(NC(=O)C1C[C@@H](O)CN1C(=O)C(N)[C@@H](C)O)[C@H](O)[C@@H](O)c1ccc(O)c(O)c1)C(C)=O. The van der Waals surface area contributed by atoms with Gasteiger partial charge in [-0.15, -0.1) is 0 Å². The largest absolute Gasteiger partial charge is 0.504 e. The normalized spacial score (nSPS) is 21.8. The Bertz CT molecular complexity index is 1180. The molecule has 11 N–H and O–H groups in total. The topological polar surface area (TPSA) is 280 Å². The first kappa shape index (κ1) is 34.5. The van der Waals surface area contributed by atoms with E-state index in [9.17, 15) is 59.7 Å². The van der Waals surface area contributed by atoms with Crippen molar-refractivity contribution in [2.45, 2.75) is 88.3 Å². The fourth-order valence-corrected chi connectivity index (χ4v) is 4.49. The quantitative estimate of drug-likeness (QED) is 0.0972. The van der Waals surface area contributed by atoms with Gasteiger partial charge in [0.1, 0.15) is 42.2 Å². The van der Waals surface area contributed by atoms with Crippen LogP contribution in [0.1, 0.15) is 45.3 Å². The summed E-state index contributed by atoms with van der Waals surface area (Å²) in [5.74, 6) is -5.74. The number of hydrogen-bond donors (Lipinski definition) is 10. The number of nitrogens with one attached hydrogen (secondary N) is 2. The van der Waals surface area contributed by atoms with Gasteiger partial charge in [-0.3, -0.25) is 24.0 Å². The molecule has 9 atom stereocenters. The Morgan fingerprint density at radius 3 is 2.14 bits per heavy atom. The molecule has 0 saturated carbocycles. The van der Waals surface area contributed by atoms with Gasteiger partial charge in [-0.1, -0.05) is 6.07 Å². The van der Waals surface area contributed by atoms with E-state index in [1.165, 1.54) is 6.92 Å². The molecule has 0 radical (unpaired) electrons. The van der Waals surface area contributed by atoms with E-state index in [1.807, 2.05) is 0 Å². The summed E-state index contributed by atoms with van der Waals surface area (Å²) in [6.45, 7) is 3.07. The van der Waals surface area contributed by atoms with Gasteiger partial charge in [-0.25, -0.2) is 0 Å². The molecule has 1 heterocycles. The Morgan fingerprint density at radius 2 is 1.62 bits per heavy atom. The summed E-state index contributed by atoms with van der Waals surface area (Å²) in [6, 6.07) is -3.61. The van der Waals surface area contributed by atoms with Crippen molar-refractivity contribution in [2.24, 2.45) is 5.73 Å². The molecule has 1 saturated heterocycles. The molecule has 1 fully saturated rings. The fourth-order valence-electron chi connectivity index (χ4n) is 4.49. The highest BCUT2D eigenvalue weighted by atomic mass is 16.3. The molecular formula is C26H38N4O12. The highest BCUT2D eigenvalue weighted by Crippen LogP contribution is 2.30. The predicted molar refractivity (Wildman–Crippen MR) is 142 cm³/mol. The summed E-state index contributed by atoms with van der Waals surface area (Å²) < 4.78 is 0. The highest BCUT2D eigenvalue weighted by Gasteiger charge is 2.44. The first-order chi connectivity index (χ1) is 19.5. The fraction of sp³-hybridized carbons (Fsp3) is 0.577. The van der Waals surface area contributed by atoms with Crippen LogP contribution in [0.25, 0.3) is 0 Å². The molecule has 1 aromatic carbocycles. The average molecular weight is 599 g/mol. The minimum absolute atomic E-state index is 0.194. The number of carbonyl (C=O) groups is 5. The molecule has 1 aliphatic rings. The Morgan fingerprint density at radius 1 is 1.00 bits per heavy atom. The number of rotatable bonds is 13. The number of aliphatic hydroxyl groups is 5. The molecule has 4 unspecified atom stereocenters. The molecule has 2 rings (SSSR count). The van der Waals surface area contributed by atoms with Crippen LogP contribution < -0.4 is 16.4 Å². The van der Waals surface area contributed by atoms with E-state index in [0.29, 0.717) is 0 Å². The minimum atomic E-state index is -2.19. The van der Waals surface area contributed by atoms with Crippen LogP contribution in [0.15, 0.2) is 18.2 Å². The summed E-state index contributed by atoms with van der Waals surface area (Å²) in [5, 5.41) is 75.7. The maximum Gasteiger partial charge on any atom is 0.246 e. The van der Waals surface area contributed by atoms with Gasteiger partial charge in [-0.2, -0.15) is 0 Å². The number of phenols is 2. The van der Waals surface area contributed by atoms with Gasteiger partial charge in [0.15, 0.2) is 17.3 Å². The number of β-amino-alcohol motifs (C(OH)–C–C–N with tert-alkyl or cyclic N) is 1. The standard InChI is InChI=1S/C26H38N4O12/c1-10(31)6-18(37)20(12(3)33)28-25(41)21(23(39)22(38)13-4-5-16(35)17(36)7-13)29-24(40)15-8-14(34)9-30(15)26(42)19(27)11(2)32/h4-5,7,11,14-15,18-23,32,34-39H,6,8-9,27H2,1-3H3,(H,28,41)(H,29,40)/t11-,14-,15?,18-,19?,20?,21?,22+,23+/m1/s1. The molecule has 1 aromatic rings. The molecule has 234 valence electrons. The van der Waals surface area contributed by atoms with Gasteiger partial charge in [0, 0.05) is 19.4 Å². The summed E-state index contributed by atoms with van der Waals surface area (Å²) in [7, 11) is 0. The number of aromatic hydroxyl groups is 2. The third kappa shape index (κ3) is 8.43. The zero-order valence-electron chi connectivity index (χ0n) is 23.2. The van der Waals surface area contributed by atoms with Crippen LogP contribution in [0, 0.1) is 0 Å². The lowest BCUT2D eigenvalue weighted by Gasteiger charge is -2.32. The second-order valence-corrected chi connectivity index (χ2v) is 10.4. The van der Waals surface area contributed by atoms with Crippen molar-refractivity contribution < 1.29 is 59.7 Å². The van der Waals surface area contributed by atoms with Gasteiger partial charge in [-0.05, 0) is 38.5 Å². The van der Waals surface area contributed by atoms with Crippen LogP contribution in [-0.4, -0.2) is 125 Å². The molecule has 3 amide bonds. The van der Waals surface area contributed by atoms with E-state index in [2.05, 4.69) is 10.6 Å². The zero-order chi connectivity index (χ0) is 32.0. The lowest BCUT2D eigenvalue weighted by molar-refractivity contribution is -0.144. The van der Waals surface area contributed by atoms with Crippen LogP contribution in [0.2, 0.25) is 0 Å². The Hall–Kier alpha value is -3.67. The van der Waals surface area contributed by atoms with E-state index in [1.54, 1.807) is 0 Å². The zero-order valence-corrected chi connectivity index (χ0v) is 23.2. The van der Waals surface area contributed by atoms with Crippen LogP contribution in [0.4, 0.5) is 0 Å². The molecule has 0 aromatic heterocycles. The van der Waals surface area contributed by atoms with Gasteiger partial charge in [0.25, 0.3) is 0 Å². The number of phenolic OH excluding ortho intramolecular Hbond substituents is 2. The Kier molecular flexibility index (Phi) is 11.9. The monoisotopic (exact) mass is 598 g/mol. The molecule has 16 nitrogen and oxygen atoms in total. The number of carbonyl (C=O) groups excluding carboxylic acids is 5. The number of amides is 3. The number of benzene rings is 1. The lowest BCUT2D eigenvalue weighted by Crippen LogP contribution is -2.62. The van der Waals surface area contributed by atoms with Crippen LogP contribution in [0.5, 0.6) is 11.5 Å². The number of likely N-dealkylation sites (tertiary alicyclic amines) is 1. The first-order valence-electron chi connectivity index (χ1n) is 13.0. The van der Waals surface area contributed by atoms with Gasteiger partial charge in [0.2, 0.25) is 17.7 Å². The summed E-state index contributed by atoms with van der Waals surface area (Å²) in [6.07, 6.45) is -9.15. The van der Waals surface area contributed by atoms with Gasteiger partial charge >= 0.3 is 0 Å². The molecule has 0 spiro atoms. The third-order valence-electron chi connectivity index (χ3n) is 6.87. The van der Waals surface area contributed by atoms with Crippen molar-refractivity contribution >= 4 is 29.3 Å². The second kappa shape index (κ2) is 14.5. The van der Waals surface area contributed by atoms with E-state index < -0.39 is 102 Å². The number of hydrogen-bond acceptors (Lipinski definition) is 13. The minimum Gasteiger partial charge on any atom is -0.504 e. The molecule has 0 bridgehead atoms. The smallest absolute Gasteiger partial charge is 0.246 e. The van der Waals surface area contributed by atoms with Crippen LogP contribution in [-0.2, 0) is 24.0 Å². The van der Waals surface area contributed by atoms with Gasteiger partial charge in [0.05, 0.1) is 18.3 Å². The summed E-state index contributed by atoms with van der Waals surface area (Å²) in [4.78, 5) is 64.0. The number of Topliss-reactive ketones (excluding diaryl/α,β-unsaturated/α-hetero) is 2. The van der Waals surface area contributed by atoms with E-state index in [0.717, 1.165) is 36.9 Å². The molecule has 1 aliphatic heterocycles. The lowest BCUT2D eigenvalue weighted by atomic mass is 9.96. The maximum atomic E-state index is 13.4. The molecule has 0 aliphatic carbocycles. The molecule has 42 heavy (non-hydrogen) atoms. The van der Waals surface area contributed by atoms with E-state index in [4.69, 9.17) is 5.73 Å². The van der Waals surface area contributed by atoms with Crippen molar-refractivity contribution in [1.29, 1.82) is 0 Å². The van der Waals surface area contributed by atoms with Crippen molar-refractivity contribution in [3.05, 3.63) is 23.8 Å². The van der Waals surface area contributed by atoms with Crippen molar-refractivity contribution in [2.75, 3.05) is 6.54 Å². The van der Waals surface area contributed by atoms with Crippen molar-refractivity contribution in [3.8, 4) is 11.5 Å². The third-order valence-corrected chi connectivity index (χ3v) is 6.87. The highest BCUT2D eigenvalue weighted by molar-refractivity contribution is 5.96. The maximum absolute atomic E-state index is 13.4. The van der Waals surface area contributed by atoms with Crippen molar-refractivity contribution in [3.63, 3.8) is 0 Å². The predicted octanol–water partition coefficient (Wildman–Crippen LogP) is -3.94. The van der Waals surface area contributed by atoms with E-state index >= 15 is 0 Å². The molecular weight excluding hydrogens is 560 g/mol. The Balaban J connectivity index is 2.43. The van der Waals surface area contributed by atoms with Gasteiger partial charge < -0.3 is 57.0 Å². The first-order valence-corrected chi connectivity index (χ1v) is 13.0. The number of nitrogens with two attached hydrogens (primary N) is 1.